The number of hydrogen-bond donors (Lipinski definition) is 7. The second kappa shape index (κ2) is 11.8. The molecule has 18 heteroatoms. The number of allylic oxidation sites excluding steroid dienone is 1. The van der Waals surface area contributed by atoms with E-state index >= 15 is 0 Å². The third-order valence-electron chi connectivity index (χ3n) is 7.93. The van der Waals surface area contributed by atoms with Crippen LogP contribution in [-0.2, 0) is 26.4 Å². The Morgan fingerprint density at radius 2 is 1.73 bits per heavy atom. The van der Waals surface area contributed by atoms with Crippen molar-refractivity contribution >= 4 is 39.2 Å². The van der Waals surface area contributed by atoms with E-state index < -0.39 is 90.4 Å². The average molecular weight is 643 g/mol. The van der Waals surface area contributed by atoms with E-state index in [9.17, 15) is 44.9 Å². The van der Waals surface area contributed by atoms with Gasteiger partial charge in [-0.1, -0.05) is 13.8 Å². The number of nitro groups is 1. The van der Waals surface area contributed by atoms with Crippen LogP contribution in [0.4, 0.5) is 11.4 Å². The number of rotatable bonds is 6. The number of fused-ring (bicyclic) bond motifs is 3. The number of anilines is 1. The molecule has 4 atom stereocenters. The number of phenolic OH excluding ortho intramolecular Hbond substituents is 1. The molecule has 1 aromatic rings. The predicted octanol–water partition coefficient (Wildman–Crippen LogP) is 0.468. The number of Topliss-reactive ketones (excluding diaryl/α,β-unsaturated/α-hetero) is 2. The molecule has 1 aromatic carbocycles. The lowest BCUT2D eigenvalue weighted by molar-refractivity contribution is -0.385. The minimum Gasteiger partial charge on any atom is -0.510 e. The van der Waals surface area contributed by atoms with Crippen LogP contribution in [0, 0.1) is 27.9 Å². The summed E-state index contributed by atoms with van der Waals surface area (Å²) in [5.41, 5.74) is 0.870. The highest BCUT2D eigenvalue weighted by atomic mass is 32.3. The summed E-state index contributed by atoms with van der Waals surface area (Å²) in [4.78, 5) is 53.5. The fraction of sp³-hybridized carbons (Fsp3) is 0.500. The highest BCUT2D eigenvalue weighted by Crippen LogP contribution is 2.54. The number of phenols is 1. The maximum Gasteiger partial charge on any atom is 0.394 e. The van der Waals surface area contributed by atoms with Gasteiger partial charge in [0.15, 0.2) is 11.4 Å². The zero-order valence-electron chi connectivity index (χ0n) is 24.4. The number of aliphatic hydroxyl groups excluding tert-OH is 2. The van der Waals surface area contributed by atoms with Crippen LogP contribution in [0.3, 0.4) is 0 Å². The topological polar surface area (TPSA) is 282 Å². The van der Waals surface area contributed by atoms with E-state index in [1.165, 1.54) is 11.0 Å². The van der Waals surface area contributed by atoms with E-state index in [2.05, 4.69) is 0 Å². The molecule has 8 N–H and O–H groups in total. The molecule has 0 radical (unpaired) electrons. The van der Waals surface area contributed by atoms with E-state index in [4.69, 9.17) is 23.3 Å². The average Bonchev–Trinajstić information content (AvgIpc) is 2.84. The van der Waals surface area contributed by atoms with Crippen LogP contribution in [0.15, 0.2) is 28.7 Å². The standard InChI is InChI=1S/C26H32N4O9.H2O4S/c1-10(2)9-29(5)14-8-15(30(38)39)20(31)17-12(14)6-11-7-13-19(28(3)4)22(33)18(25(27)36)24(35)26(13,37)23(34)16(11)21(17)32;1-5(2,3)4/h8,10-11,13,19,31,33-34,37H,6-7,9H2,1-5H3,(H2,27,36);(H2,1,2,3,4)/t11?,13?,19-,26-;/m0./s1. The molecule has 44 heavy (non-hydrogen) atoms. The first-order valence-corrected chi connectivity index (χ1v) is 14.5. The second-order valence-corrected chi connectivity index (χ2v) is 12.5. The molecule has 1 amide bonds. The number of aliphatic hydroxyl groups is 3. The third kappa shape index (κ3) is 5.85. The Labute approximate surface area is 251 Å². The molecular weight excluding hydrogens is 608 g/mol. The number of carbonyl (C=O) groups excluding carboxylic acids is 3. The zero-order valence-corrected chi connectivity index (χ0v) is 25.2. The second-order valence-electron chi connectivity index (χ2n) is 11.6. The molecule has 0 aromatic heterocycles. The minimum absolute atomic E-state index is 0.0395. The summed E-state index contributed by atoms with van der Waals surface area (Å²) >= 11 is 0. The molecular formula is C26H34N4O13S. The molecule has 0 saturated heterocycles. The van der Waals surface area contributed by atoms with Crippen LogP contribution >= 0.6 is 0 Å². The third-order valence-corrected chi connectivity index (χ3v) is 7.93. The summed E-state index contributed by atoms with van der Waals surface area (Å²) in [6.45, 7) is 4.38. The van der Waals surface area contributed by atoms with Crippen LogP contribution in [0.5, 0.6) is 5.75 Å². The number of carbonyl (C=O) groups is 3. The lowest BCUT2D eigenvalue weighted by Gasteiger charge is -2.50. The van der Waals surface area contributed by atoms with Gasteiger partial charge in [-0.15, -0.1) is 0 Å². The van der Waals surface area contributed by atoms with Gasteiger partial charge >= 0.3 is 16.1 Å². The van der Waals surface area contributed by atoms with Gasteiger partial charge < -0.3 is 31.1 Å². The van der Waals surface area contributed by atoms with Gasteiger partial charge in [0.05, 0.1) is 16.5 Å². The molecule has 0 spiro atoms. The predicted molar refractivity (Wildman–Crippen MR) is 153 cm³/mol. The van der Waals surface area contributed by atoms with Gasteiger partial charge in [-0.25, -0.2) is 0 Å². The van der Waals surface area contributed by atoms with Crippen molar-refractivity contribution in [3.8, 4) is 5.75 Å². The summed E-state index contributed by atoms with van der Waals surface area (Å²) in [6.07, 6.45) is -0.0330. The number of nitrogens with two attached hydrogens (primary N) is 1. The van der Waals surface area contributed by atoms with Crippen molar-refractivity contribution in [2.45, 2.75) is 38.3 Å². The van der Waals surface area contributed by atoms with Gasteiger partial charge in [0.1, 0.15) is 17.1 Å². The quantitative estimate of drug-likeness (QED) is 0.0960. The SMILES string of the molecule is CC(C)CN(C)c1cc([N+](=O)[O-])c(O)c2c1CC1CC3[C@H](N(C)C)C(O)=C(C(N)=O)C(=O)[C@@]3(O)C(O)=C1C2=O.O=S(=O)(O)O. The summed E-state index contributed by atoms with van der Waals surface area (Å²) < 4.78 is 31.6. The fourth-order valence-corrected chi connectivity index (χ4v) is 6.41. The lowest BCUT2D eigenvalue weighted by Crippen LogP contribution is -2.63. The smallest absolute Gasteiger partial charge is 0.394 e. The van der Waals surface area contributed by atoms with Crippen molar-refractivity contribution in [2.75, 3.05) is 32.6 Å². The number of likely N-dealkylation sites (N-methyl/N-ethyl adjacent to an activating group) is 1. The first-order valence-electron chi connectivity index (χ1n) is 13.1. The number of aromatic hydroxyl groups is 1. The van der Waals surface area contributed by atoms with Crippen LogP contribution in [-0.4, -0.2) is 105 Å². The highest BCUT2D eigenvalue weighted by Gasteiger charge is 2.63. The lowest BCUT2D eigenvalue weighted by atomic mass is 9.58. The largest absolute Gasteiger partial charge is 0.510 e. The van der Waals surface area contributed by atoms with Crippen molar-refractivity contribution in [2.24, 2.45) is 23.5 Å². The maximum absolute atomic E-state index is 13.9. The first kappa shape index (κ1) is 34.4. The molecule has 17 nitrogen and oxygen atoms in total. The number of nitro benzene ring substituents is 1. The van der Waals surface area contributed by atoms with E-state index in [1.54, 1.807) is 26.0 Å². The number of ketones is 2. The Morgan fingerprint density at radius 1 is 1.18 bits per heavy atom. The zero-order chi connectivity index (χ0) is 33.8. The Balaban J connectivity index is 0.000000978. The van der Waals surface area contributed by atoms with Crippen LogP contribution in [0.25, 0.3) is 0 Å². The number of benzene rings is 1. The van der Waals surface area contributed by atoms with Crippen molar-refractivity contribution in [1.29, 1.82) is 0 Å². The Hall–Kier alpha value is -4.10. The fourth-order valence-electron chi connectivity index (χ4n) is 6.41. The van der Waals surface area contributed by atoms with Crippen molar-refractivity contribution in [1.82, 2.24) is 4.90 Å². The number of amides is 1. The Morgan fingerprint density at radius 3 is 2.18 bits per heavy atom. The van der Waals surface area contributed by atoms with Gasteiger partial charge in [-0.2, -0.15) is 8.42 Å². The van der Waals surface area contributed by atoms with Crippen LogP contribution in [0.1, 0.15) is 36.2 Å². The van der Waals surface area contributed by atoms with E-state index in [0.29, 0.717) is 17.8 Å². The molecule has 4 rings (SSSR count). The summed E-state index contributed by atoms with van der Waals surface area (Å²) in [5.74, 6) is -7.98. The number of nitrogens with zero attached hydrogens (tertiary/aromatic N) is 3. The number of primary amides is 1. The van der Waals surface area contributed by atoms with E-state index in [-0.39, 0.29) is 24.3 Å². The van der Waals surface area contributed by atoms with Crippen LogP contribution in [0.2, 0.25) is 0 Å². The van der Waals surface area contributed by atoms with E-state index in [0.717, 1.165) is 0 Å². The monoisotopic (exact) mass is 642 g/mol. The minimum atomic E-state index is -4.67. The van der Waals surface area contributed by atoms with Gasteiger partial charge in [0.25, 0.3) is 5.91 Å². The normalized spacial score (nSPS) is 24.8. The van der Waals surface area contributed by atoms with Gasteiger partial charge in [-0.05, 0) is 44.3 Å². The molecule has 0 bridgehead atoms. The molecule has 0 saturated carbocycles. The summed E-state index contributed by atoms with van der Waals surface area (Å²) in [6, 6.07) is 0.0987. The van der Waals surface area contributed by atoms with Gasteiger partial charge in [0.2, 0.25) is 11.5 Å². The Kier molecular flexibility index (Phi) is 9.20. The molecule has 0 aliphatic heterocycles. The van der Waals surface area contributed by atoms with Crippen molar-refractivity contribution < 1.29 is 57.3 Å². The molecule has 242 valence electrons. The van der Waals surface area contributed by atoms with E-state index in [1.807, 2.05) is 13.8 Å². The highest BCUT2D eigenvalue weighted by molar-refractivity contribution is 7.79. The molecule has 3 aliphatic carbocycles. The van der Waals surface area contributed by atoms with Crippen molar-refractivity contribution in [3.05, 3.63) is 50.0 Å². The number of hydrogen-bond acceptors (Lipinski definition) is 13. The maximum atomic E-state index is 13.9. The molecule has 3 aliphatic rings. The summed E-state index contributed by atoms with van der Waals surface area (Å²) in [7, 11) is 0.131. The molecule has 0 fully saturated rings. The molecule has 0 heterocycles. The van der Waals surface area contributed by atoms with Gasteiger partial charge in [0, 0.05) is 36.8 Å². The molecule has 2 unspecified atom stereocenters. The Bertz CT molecular complexity index is 1610. The first-order chi connectivity index (χ1) is 20.0. The van der Waals surface area contributed by atoms with Crippen molar-refractivity contribution in [3.63, 3.8) is 0 Å². The van der Waals surface area contributed by atoms with Crippen LogP contribution < -0.4 is 10.6 Å². The summed E-state index contributed by atoms with van der Waals surface area (Å²) in [5, 5.41) is 56.5. The van der Waals surface area contributed by atoms with Gasteiger partial charge in [-0.3, -0.25) is 38.5 Å².